The number of nitrogens with one attached hydrogen (secondary N) is 1. The lowest BCUT2D eigenvalue weighted by molar-refractivity contribution is -0.116. The van der Waals surface area contributed by atoms with Gasteiger partial charge in [-0.1, -0.05) is 30.3 Å². The number of carbonyl (C=O) groups is 1. The van der Waals surface area contributed by atoms with E-state index >= 15 is 0 Å². The second-order valence-electron chi connectivity index (χ2n) is 6.57. The van der Waals surface area contributed by atoms with E-state index in [2.05, 4.69) is 10.5 Å². The van der Waals surface area contributed by atoms with Crippen LogP contribution in [0.2, 0.25) is 0 Å². The molecule has 28 heavy (non-hydrogen) atoms. The number of hydrogen-bond donors (Lipinski definition) is 2. The van der Waals surface area contributed by atoms with Gasteiger partial charge in [0.2, 0.25) is 5.91 Å². The highest BCUT2D eigenvalue weighted by Crippen LogP contribution is 2.22. The summed E-state index contributed by atoms with van der Waals surface area (Å²) in [7, 11) is 0. The Morgan fingerprint density at radius 1 is 1.11 bits per heavy atom. The van der Waals surface area contributed by atoms with Crippen molar-refractivity contribution < 1.29 is 14.6 Å². The molecule has 0 radical (unpaired) electrons. The first-order valence-corrected chi connectivity index (χ1v) is 9.04. The maximum Gasteiger partial charge on any atom is 0.294 e. The Labute approximate surface area is 160 Å². The van der Waals surface area contributed by atoms with Gasteiger partial charge in [-0.15, -0.1) is 9.89 Å². The summed E-state index contributed by atoms with van der Waals surface area (Å²) in [5, 5.41) is 15.2. The Hall–Kier alpha value is -3.39. The molecule has 1 aliphatic heterocycles. The van der Waals surface area contributed by atoms with Crippen LogP contribution in [0.4, 0.5) is 5.82 Å². The van der Waals surface area contributed by atoms with Gasteiger partial charge in [-0.05, 0) is 23.8 Å². The average molecular weight is 380 g/mol. The third-order valence-corrected chi connectivity index (χ3v) is 4.60. The van der Waals surface area contributed by atoms with Gasteiger partial charge in [0.25, 0.3) is 5.56 Å². The number of morpholine rings is 1. The predicted molar refractivity (Wildman–Crippen MR) is 105 cm³/mol. The summed E-state index contributed by atoms with van der Waals surface area (Å²) >= 11 is 0. The molecule has 1 aromatic heterocycles. The van der Waals surface area contributed by atoms with Crippen molar-refractivity contribution in [2.24, 2.45) is 0 Å². The van der Waals surface area contributed by atoms with E-state index in [1.54, 1.807) is 24.3 Å². The molecule has 3 aromatic rings. The van der Waals surface area contributed by atoms with Crippen LogP contribution in [0.3, 0.4) is 0 Å². The zero-order chi connectivity index (χ0) is 19.5. The predicted octanol–water partition coefficient (Wildman–Crippen LogP) is 1.25. The van der Waals surface area contributed by atoms with Gasteiger partial charge in [0.15, 0.2) is 5.82 Å². The second kappa shape index (κ2) is 7.69. The minimum absolute atomic E-state index is 0.0161. The fourth-order valence-corrected chi connectivity index (χ4v) is 3.27. The molecule has 1 amide bonds. The first-order chi connectivity index (χ1) is 13.6. The number of nitrogens with zero attached hydrogens (tertiary/aromatic N) is 3. The summed E-state index contributed by atoms with van der Waals surface area (Å²) in [6.45, 7) is 2.48. The van der Waals surface area contributed by atoms with E-state index < -0.39 is 11.5 Å². The average Bonchev–Trinajstić information content (AvgIpc) is 2.71. The van der Waals surface area contributed by atoms with Crippen LogP contribution in [-0.4, -0.2) is 47.2 Å². The van der Waals surface area contributed by atoms with Crippen molar-refractivity contribution in [2.75, 3.05) is 36.6 Å². The highest BCUT2D eigenvalue weighted by molar-refractivity contribution is 5.92. The first-order valence-electron chi connectivity index (χ1n) is 9.04. The van der Waals surface area contributed by atoms with Crippen molar-refractivity contribution in [3.8, 4) is 5.75 Å². The molecule has 1 saturated heterocycles. The van der Waals surface area contributed by atoms with E-state index in [9.17, 15) is 14.7 Å². The fraction of sp³-hybridized carbons (Fsp3) is 0.250. The Morgan fingerprint density at radius 2 is 1.86 bits per heavy atom. The molecule has 8 nitrogen and oxygen atoms in total. The standard InChI is InChI=1S/C20H20N4O4/c25-15-5-3-4-14(12-15)13-18(26)21-24-20(27)17-7-2-1-6-16(17)19(22-24)23-8-10-28-11-9-23/h1-7,12,25H,8-11,13H2,(H,21,26). The molecule has 0 saturated carbocycles. The molecule has 0 unspecified atom stereocenters. The van der Waals surface area contributed by atoms with Gasteiger partial charge in [-0.3, -0.25) is 9.59 Å². The van der Waals surface area contributed by atoms with E-state index in [1.807, 2.05) is 17.0 Å². The number of phenolic OH excluding ortho intramolecular Hbond substituents is 1. The van der Waals surface area contributed by atoms with E-state index in [0.29, 0.717) is 43.1 Å². The summed E-state index contributed by atoms with van der Waals surface area (Å²) < 4.78 is 5.40. The molecule has 2 aromatic carbocycles. The number of benzene rings is 2. The number of fused-ring (bicyclic) bond motifs is 1. The molecule has 1 aliphatic rings. The molecular formula is C20H20N4O4. The number of anilines is 1. The zero-order valence-corrected chi connectivity index (χ0v) is 15.2. The van der Waals surface area contributed by atoms with Crippen LogP contribution >= 0.6 is 0 Å². The maximum atomic E-state index is 12.8. The maximum absolute atomic E-state index is 12.8. The molecule has 4 rings (SSSR count). The van der Waals surface area contributed by atoms with Crippen molar-refractivity contribution in [2.45, 2.75) is 6.42 Å². The molecule has 0 atom stereocenters. The lowest BCUT2D eigenvalue weighted by Crippen LogP contribution is -2.41. The van der Waals surface area contributed by atoms with Gasteiger partial charge in [0.1, 0.15) is 5.75 Å². The smallest absolute Gasteiger partial charge is 0.294 e. The second-order valence-corrected chi connectivity index (χ2v) is 6.57. The minimum atomic E-state index is -0.400. The Balaban J connectivity index is 1.67. The normalized spacial score (nSPS) is 14.2. The quantitative estimate of drug-likeness (QED) is 0.707. The molecule has 1 fully saturated rings. The number of amides is 1. The van der Waals surface area contributed by atoms with Gasteiger partial charge in [-0.2, -0.15) is 0 Å². The Kier molecular flexibility index (Phi) is 4.94. The molecule has 0 spiro atoms. The molecule has 0 aliphatic carbocycles. The largest absolute Gasteiger partial charge is 0.508 e. The summed E-state index contributed by atoms with van der Waals surface area (Å²) in [6.07, 6.45) is 0.0161. The number of aromatic nitrogens is 2. The van der Waals surface area contributed by atoms with Crippen LogP contribution in [0.5, 0.6) is 5.75 Å². The van der Waals surface area contributed by atoms with Crippen LogP contribution < -0.4 is 15.9 Å². The van der Waals surface area contributed by atoms with Gasteiger partial charge < -0.3 is 14.7 Å². The summed E-state index contributed by atoms with van der Waals surface area (Å²) in [5.74, 6) is 0.320. The number of phenols is 1. The van der Waals surface area contributed by atoms with Crippen LogP contribution in [0, 0.1) is 0 Å². The number of aromatic hydroxyl groups is 1. The first kappa shape index (κ1) is 18.0. The van der Waals surface area contributed by atoms with Crippen molar-refractivity contribution in [1.82, 2.24) is 9.89 Å². The zero-order valence-electron chi connectivity index (χ0n) is 15.2. The lowest BCUT2D eigenvalue weighted by atomic mass is 10.1. The molecule has 2 heterocycles. The van der Waals surface area contributed by atoms with E-state index in [0.717, 1.165) is 10.2 Å². The summed E-state index contributed by atoms with van der Waals surface area (Å²) in [6, 6.07) is 13.7. The Bertz CT molecular complexity index is 1070. The van der Waals surface area contributed by atoms with Gasteiger partial charge in [-0.25, -0.2) is 5.43 Å². The molecular weight excluding hydrogens is 360 g/mol. The Morgan fingerprint density at radius 3 is 2.61 bits per heavy atom. The highest BCUT2D eigenvalue weighted by atomic mass is 16.5. The molecule has 8 heteroatoms. The summed E-state index contributed by atoms with van der Waals surface area (Å²) in [5.41, 5.74) is 2.81. The third-order valence-electron chi connectivity index (χ3n) is 4.60. The van der Waals surface area contributed by atoms with Gasteiger partial charge in [0.05, 0.1) is 25.0 Å². The van der Waals surface area contributed by atoms with Crippen LogP contribution in [-0.2, 0) is 16.0 Å². The number of ether oxygens (including phenoxy) is 1. The number of hydrogen-bond acceptors (Lipinski definition) is 6. The van der Waals surface area contributed by atoms with Crippen LogP contribution in [0.15, 0.2) is 53.3 Å². The van der Waals surface area contributed by atoms with Crippen LogP contribution in [0.1, 0.15) is 5.56 Å². The lowest BCUT2D eigenvalue weighted by Gasteiger charge is -2.29. The van der Waals surface area contributed by atoms with Crippen molar-refractivity contribution in [3.05, 3.63) is 64.4 Å². The SMILES string of the molecule is O=C(Cc1cccc(O)c1)Nn1nc(N2CCOCC2)c2ccccc2c1=O. The van der Waals surface area contributed by atoms with E-state index in [4.69, 9.17) is 4.74 Å². The number of rotatable bonds is 4. The highest BCUT2D eigenvalue weighted by Gasteiger charge is 2.19. The minimum Gasteiger partial charge on any atom is -0.508 e. The van der Waals surface area contributed by atoms with Crippen molar-refractivity contribution in [3.63, 3.8) is 0 Å². The van der Waals surface area contributed by atoms with Gasteiger partial charge >= 0.3 is 0 Å². The molecule has 2 N–H and O–H groups in total. The van der Waals surface area contributed by atoms with Crippen molar-refractivity contribution in [1.29, 1.82) is 0 Å². The molecule has 144 valence electrons. The third kappa shape index (κ3) is 3.67. The number of carbonyl (C=O) groups excluding carboxylic acids is 1. The van der Waals surface area contributed by atoms with Crippen LogP contribution in [0.25, 0.3) is 10.8 Å². The topological polar surface area (TPSA) is 96.7 Å². The van der Waals surface area contributed by atoms with Gasteiger partial charge in [0, 0.05) is 18.5 Å². The summed E-state index contributed by atoms with van der Waals surface area (Å²) in [4.78, 5) is 28.3. The molecule has 0 bridgehead atoms. The van der Waals surface area contributed by atoms with E-state index in [-0.39, 0.29) is 12.2 Å². The van der Waals surface area contributed by atoms with Crippen molar-refractivity contribution >= 4 is 22.5 Å². The van der Waals surface area contributed by atoms with E-state index in [1.165, 1.54) is 12.1 Å². The fourth-order valence-electron chi connectivity index (χ4n) is 3.27. The monoisotopic (exact) mass is 380 g/mol.